The van der Waals surface area contributed by atoms with Crippen LogP contribution in [0.4, 0.5) is 5.95 Å². The molecule has 3 rings (SSSR count). The lowest BCUT2D eigenvalue weighted by molar-refractivity contribution is 0.102. The van der Waals surface area contributed by atoms with Crippen molar-refractivity contribution < 1.29 is 4.79 Å². The van der Waals surface area contributed by atoms with Gasteiger partial charge in [0.1, 0.15) is 5.02 Å². The Labute approximate surface area is 133 Å². The second-order valence-electron chi connectivity index (χ2n) is 4.48. The van der Waals surface area contributed by atoms with Crippen LogP contribution < -0.4 is 10.9 Å². The van der Waals surface area contributed by atoms with E-state index in [9.17, 15) is 9.59 Å². The fourth-order valence-corrected chi connectivity index (χ4v) is 2.09. The molecule has 2 heterocycles. The number of nitrogens with zero attached hydrogens (tertiary/aromatic N) is 3. The SMILES string of the molecule is Cc1nc2nc(NC(=O)c3ccc(Cl)cc3)[nH]n2c(=O)c1Cl. The summed E-state index contributed by atoms with van der Waals surface area (Å²) in [6, 6.07) is 6.35. The van der Waals surface area contributed by atoms with Crippen molar-refractivity contribution in [3.05, 3.63) is 55.9 Å². The maximum absolute atomic E-state index is 12.1. The summed E-state index contributed by atoms with van der Waals surface area (Å²) in [5.74, 6) is -0.184. The lowest BCUT2D eigenvalue weighted by atomic mass is 10.2. The highest BCUT2D eigenvalue weighted by molar-refractivity contribution is 6.31. The number of carbonyl (C=O) groups excluding carboxylic acids is 1. The monoisotopic (exact) mass is 337 g/mol. The zero-order valence-corrected chi connectivity index (χ0v) is 12.7. The minimum Gasteiger partial charge on any atom is -0.291 e. The van der Waals surface area contributed by atoms with E-state index in [2.05, 4.69) is 20.4 Å². The number of amides is 1. The number of aromatic amines is 1. The Morgan fingerprint density at radius 1 is 1.23 bits per heavy atom. The van der Waals surface area contributed by atoms with Crippen LogP contribution in [0.15, 0.2) is 29.1 Å². The molecule has 0 saturated carbocycles. The number of hydrogen-bond acceptors (Lipinski definition) is 4. The molecule has 1 aromatic carbocycles. The Morgan fingerprint density at radius 2 is 1.91 bits per heavy atom. The van der Waals surface area contributed by atoms with Crippen LogP contribution in [0.2, 0.25) is 10.0 Å². The largest absolute Gasteiger partial charge is 0.293 e. The predicted octanol–water partition coefficient (Wildman–Crippen LogP) is 2.29. The van der Waals surface area contributed by atoms with E-state index in [-0.39, 0.29) is 16.7 Å². The number of benzene rings is 1. The maximum Gasteiger partial charge on any atom is 0.293 e. The maximum atomic E-state index is 12.1. The Bertz CT molecular complexity index is 930. The fourth-order valence-electron chi connectivity index (χ4n) is 1.84. The first-order valence-corrected chi connectivity index (χ1v) is 6.93. The van der Waals surface area contributed by atoms with Crippen LogP contribution >= 0.6 is 23.2 Å². The van der Waals surface area contributed by atoms with E-state index in [1.54, 1.807) is 31.2 Å². The van der Waals surface area contributed by atoms with Gasteiger partial charge in [0.05, 0.1) is 5.69 Å². The van der Waals surface area contributed by atoms with Crippen molar-refractivity contribution >= 4 is 40.8 Å². The van der Waals surface area contributed by atoms with E-state index in [4.69, 9.17) is 23.2 Å². The van der Waals surface area contributed by atoms with Gasteiger partial charge in [-0.1, -0.05) is 23.2 Å². The van der Waals surface area contributed by atoms with Gasteiger partial charge in [-0.25, -0.2) is 4.98 Å². The lowest BCUT2D eigenvalue weighted by Gasteiger charge is -2.01. The van der Waals surface area contributed by atoms with E-state index in [0.717, 1.165) is 4.52 Å². The zero-order chi connectivity index (χ0) is 15.9. The molecule has 0 radical (unpaired) electrons. The fraction of sp³-hybridized carbons (Fsp3) is 0.0769. The Kier molecular flexibility index (Phi) is 3.59. The number of hydrogen-bond donors (Lipinski definition) is 2. The van der Waals surface area contributed by atoms with Gasteiger partial charge in [-0.3, -0.25) is 20.0 Å². The van der Waals surface area contributed by atoms with E-state index < -0.39 is 11.5 Å². The summed E-state index contributed by atoms with van der Waals surface area (Å²) in [4.78, 5) is 32.1. The van der Waals surface area contributed by atoms with E-state index in [0.29, 0.717) is 16.3 Å². The Hall–Kier alpha value is -2.38. The predicted molar refractivity (Wildman–Crippen MR) is 82.8 cm³/mol. The molecule has 2 aromatic heterocycles. The van der Waals surface area contributed by atoms with Gasteiger partial charge in [0, 0.05) is 10.6 Å². The molecule has 7 nitrogen and oxygen atoms in total. The van der Waals surface area contributed by atoms with Crippen LogP contribution in [0.5, 0.6) is 0 Å². The third-order valence-corrected chi connectivity index (χ3v) is 3.63. The van der Waals surface area contributed by atoms with Crippen LogP contribution in [0, 0.1) is 6.92 Å². The van der Waals surface area contributed by atoms with Crippen LogP contribution in [-0.2, 0) is 0 Å². The quantitative estimate of drug-likeness (QED) is 0.750. The Morgan fingerprint density at radius 3 is 2.59 bits per heavy atom. The van der Waals surface area contributed by atoms with Gasteiger partial charge in [0.25, 0.3) is 17.2 Å². The highest BCUT2D eigenvalue weighted by Crippen LogP contribution is 2.12. The number of aryl methyl sites for hydroxylation is 1. The summed E-state index contributed by atoms with van der Waals surface area (Å²) < 4.78 is 1.06. The second kappa shape index (κ2) is 5.43. The van der Waals surface area contributed by atoms with Crippen molar-refractivity contribution in [2.45, 2.75) is 6.92 Å². The molecular formula is C13H9Cl2N5O2. The van der Waals surface area contributed by atoms with Gasteiger partial charge >= 0.3 is 0 Å². The number of rotatable bonds is 2. The summed E-state index contributed by atoms with van der Waals surface area (Å²) in [5, 5.41) is 5.70. The zero-order valence-electron chi connectivity index (χ0n) is 11.2. The molecular weight excluding hydrogens is 329 g/mol. The summed E-state index contributed by atoms with van der Waals surface area (Å²) in [6.07, 6.45) is 0. The van der Waals surface area contributed by atoms with Crippen molar-refractivity contribution in [2.75, 3.05) is 5.32 Å². The summed E-state index contributed by atoms with van der Waals surface area (Å²) in [5.41, 5.74) is 0.289. The molecule has 1 amide bonds. The summed E-state index contributed by atoms with van der Waals surface area (Å²) in [6.45, 7) is 1.60. The molecule has 3 aromatic rings. The van der Waals surface area contributed by atoms with Gasteiger partial charge in [-0.2, -0.15) is 9.50 Å². The van der Waals surface area contributed by atoms with Crippen LogP contribution in [0.1, 0.15) is 16.1 Å². The molecule has 9 heteroatoms. The second-order valence-corrected chi connectivity index (χ2v) is 5.30. The van der Waals surface area contributed by atoms with Gasteiger partial charge in [-0.15, -0.1) is 0 Å². The smallest absolute Gasteiger partial charge is 0.291 e. The molecule has 2 N–H and O–H groups in total. The van der Waals surface area contributed by atoms with Crippen molar-refractivity contribution in [3.63, 3.8) is 0 Å². The minimum atomic E-state index is -0.483. The number of fused-ring (bicyclic) bond motifs is 1. The number of carbonyl (C=O) groups is 1. The molecule has 0 aliphatic carbocycles. The standard InChI is InChI=1S/C13H9Cl2N5O2/c1-6-9(15)11(22)20-13(16-6)18-12(19-20)17-10(21)7-2-4-8(14)5-3-7/h2-5H,1H3,(H2,16,17,18,19,21). The Balaban J connectivity index is 1.94. The average molecular weight is 338 g/mol. The van der Waals surface area contributed by atoms with Crippen molar-refractivity contribution in [1.29, 1.82) is 0 Å². The molecule has 0 bridgehead atoms. The minimum absolute atomic E-state index is 0.00303. The molecule has 22 heavy (non-hydrogen) atoms. The summed E-state index contributed by atoms with van der Waals surface area (Å²) >= 11 is 11.6. The van der Waals surface area contributed by atoms with Crippen molar-refractivity contribution in [3.8, 4) is 0 Å². The highest BCUT2D eigenvalue weighted by Gasteiger charge is 2.13. The van der Waals surface area contributed by atoms with Crippen LogP contribution in [0.25, 0.3) is 5.78 Å². The highest BCUT2D eigenvalue weighted by atomic mass is 35.5. The lowest BCUT2D eigenvalue weighted by Crippen LogP contribution is -2.17. The molecule has 0 atom stereocenters. The normalized spacial score (nSPS) is 10.9. The van der Waals surface area contributed by atoms with Crippen molar-refractivity contribution in [1.82, 2.24) is 19.6 Å². The third kappa shape index (κ3) is 2.56. The van der Waals surface area contributed by atoms with Crippen LogP contribution in [0.3, 0.4) is 0 Å². The first kappa shape index (κ1) is 14.6. The number of aromatic nitrogens is 4. The van der Waals surface area contributed by atoms with E-state index in [1.807, 2.05) is 0 Å². The van der Waals surface area contributed by atoms with Gasteiger partial charge in [-0.05, 0) is 31.2 Å². The van der Waals surface area contributed by atoms with E-state index >= 15 is 0 Å². The third-order valence-electron chi connectivity index (χ3n) is 2.94. The van der Waals surface area contributed by atoms with Crippen LogP contribution in [-0.4, -0.2) is 25.5 Å². The molecule has 0 aliphatic heterocycles. The molecule has 0 saturated heterocycles. The number of halogens is 2. The first-order chi connectivity index (χ1) is 10.5. The molecule has 0 spiro atoms. The topological polar surface area (TPSA) is 92.2 Å². The molecule has 0 fully saturated rings. The average Bonchev–Trinajstić information content (AvgIpc) is 2.88. The first-order valence-electron chi connectivity index (χ1n) is 6.17. The number of H-pyrrole nitrogens is 1. The van der Waals surface area contributed by atoms with Gasteiger partial charge in [0.2, 0.25) is 5.95 Å². The number of anilines is 1. The summed E-state index contributed by atoms with van der Waals surface area (Å²) in [7, 11) is 0. The van der Waals surface area contributed by atoms with Crippen molar-refractivity contribution in [2.24, 2.45) is 0 Å². The van der Waals surface area contributed by atoms with E-state index in [1.165, 1.54) is 0 Å². The molecule has 0 aliphatic rings. The van der Waals surface area contributed by atoms with Gasteiger partial charge in [0.15, 0.2) is 0 Å². The van der Waals surface area contributed by atoms with Gasteiger partial charge < -0.3 is 0 Å². The molecule has 0 unspecified atom stereocenters. The number of nitrogens with one attached hydrogen (secondary N) is 2. The molecule has 112 valence electrons.